The van der Waals surface area contributed by atoms with E-state index < -0.39 is 5.97 Å². The van der Waals surface area contributed by atoms with Crippen LogP contribution in [-0.2, 0) is 6.54 Å². The molecule has 0 unspecified atom stereocenters. The van der Waals surface area contributed by atoms with E-state index in [1.54, 1.807) is 18.3 Å². The number of carbonyl (C=O) groups is 1. The Morgan fingerprint density at radius 2 is 1.95 bits per heavy atom. The van der Waals surface area contributed by atoms with E-state index in [0.717, 1.165) is 22.0 Å². The Kier molecular flexibility index (Phi) is 3.85. The summed E-state index contributed by atoms with van der Waals surface area (Å²) in [7, 11) is 0. The van der Waals surface area contributed by atoms with Gasteiger partial charge in [0.25, 0.3) is 0 Å². The van der Waals surface area contributed by atoms with Gasteiger partial charge in [0.1, 0.15) is 0 Å². The van der Waals surface area contributed by atoms with Gasteiger partial charge >= 0.3 is 5.97 Å². The van der Waals surface area contributed by atoms with E-state index in [1.807, 2.05) is 35.8 Å². The highest BCUT2D eigenvalue weighted by Crippen LogP contribution is 2.27. The van der Waals surface area contributed by atoms with E-state index in [9.17, 15) is 9.90 Å². The second kappa shape index (κ2) is 5.67. The Morgan fingerprint density at radius 1 is 1.18 bits per heavy atom. The Balaban J connectivity index is 2.14. The molecule has 1 aromatic heterocycles. The van der Waals surface area contributed by atoms with Crippen LogP contribution in [0.4, 0.5) is 0 Å². The normalized spacial score (nSPS) is 11.0. The number of carboxylic acids is 1. The molecule has 0 fully saturated rings. The van der Waals surface area contributed by atoms with Crippen molar-refractivity contribution in [3.63, 3.8) is 0 Å². The molecule has 5 heteroatoms. The number of hydrogen-bond acceptors (Lipinski definition) is 1. The molecular weight excluding hydrogens is 321 g/mol. The number of aromatic carboxylic acids is 1. The van der Waals surface area contributed by atoms with Crippen LogP contribution in [0.25, 0.3) is 10.9 Å². The van der Waals surface area contributed by atoms with Crippen LogP contribution in [0, 0.1) is 6.92 Å². The van der Waals surface area contributed by atoms with Gasteiger partial charge < -0.3 is 9.67 Å². The molecule has 3 aromatic rings. The average Bonchev–Trinajstić information content (AvgIpc) is 2.80. The van der Waals surface area contributed by atoms with Gasteiger partial charge in [0.15, 0.2) is 0 Å². The van der Waals surface area contributed by atoms with Gasteiger partial charge in [-0.15, -0.1) is 0 Å². The first-order chi connectivity index (χ1) is 10.5. The van der Waals surface area contributed by atoms with Gasteiger partial charge in [-0.1, -0.05) is 41.4 Å². The number of fused-ring (bicyclic) bond motifs is 1. The third-order valence-corrected chi connectivity index (χ3v) is 4.21. The monoisotopic (exact) mass is 333 g/mol. The first kappa shape index (κ1) is 14.9. The van der Waals surface area contributed by atoms with Crippen LogP contribution in [0.3, 0.4) is 0 Å². The highest BCUT2D eigenvalue weighted by atomic mass is 35.5. The van der Waals surface area contributed by atoms with Gasteiger partial charge in [-0.25, -0.2) is 4.79 Å². The van der Waals surface area contributed by atoms with Crippen LogP contribution < -0.4 is 0 Å². The average molecular weight is 334 g/mol. The quantitative estimate of drug-likeness (QED) is 0.732. The lowest BCUT2D eigenvalue weighted by molar-refractivity contribution is 0.0699. The largest absolute Gasteiger partial charge is 0.478 e. The minimum Gasteiger partial charge on any atom is -0.478 e. The van der Waals surface area contributed by atoms with Crippen molar-refractivity contribution in [2.75, 3.05) is 0 Å². The summed E-state index contributed by atoms with van der Waals surface area (Å²) in [5.74, 6) is -0.935. The zero-order valence-electron chi connectivity index (χ0n) is 11.8. The van der Waals surface area contributed by atoms with Crippen LogP contribution in [0.5, 0.6) is 0 Å². The van der Waals surface area contributed by atoms with Crippen LogP contribution in [0.1, 0.15) is 21.5 Å². The highest BCUT2D eigenvalue weighted by Gasteiger charge is 2.15. The van der Waals surface area contributed by atoms with E-state index >= 15 is 0 Å². The molecule has 1 heterocycles. The molecule has 3 nitrogen and oxygen atoms in total. The molecule has 0 radical (unpaired) electrons. The maximum absolute atomic E-state index is 11.4. The van der Waals surface area contributed by atoms with Gasteiger partial charge in [0.2, 0.25) is 0 Å². The summed E-state index contributed by atoms with van der Waals surface area (Å²) in [5.41, 5.74) is 3.14. The molecule has 0 aliphatic rings. The van der Waals surface area contributed by atoms with Gasteiger partial charge in [-0.3, -0.25) is 0 Å². The van der Waals surface area contributed by atoms with Crippen molar-refractivity contribution in [3.05, 3.63) is 69.3 Å². The van der Waals surface area contributed by atoms with Crippen molar-refractivity contribution >= 4 is 40.1 Å². The van der Waals surface area contributed by atoms with E-state index in [0.29, 0.717) is 22.2 Å². The van der Waals surface area contributed by atoms with E-state index in [-0.39, 0.29) is 0 Å². The third kappa shape index (κ3) is 2.70. The summed E-state index contributed by atoms with van der Waals surface area (Å²) in [5, 5.41) is 11.2. The van der Waals surface area contributed by atoms with Crippen molar-refractivity contribution in [1.82, 2.24) is 4.57 Å². The van der Waals surface area contributed by atoms with Crippen LogP contribution >= 0.6 is 23.2 Å². The maximum Gasteiger partial charge on any atom is 0.337 e. The van der Waals surface area contributed by atoms with Crippen molar-refractivity contribution in [1.29, 1.82) is 0 Å². The fraction of sp³-hybridized carbons (Fsp3) is 0.118. The zero-order valence-corrected chi connectivity index (χ0v) is 13.3. The summed E-state index contributed by atoms with van der Waals surface area (Å²) in [6, 6.07) is 11.0. The van der Waals surface area contributed by atoms with Crippen molar-refractivity contribution < 1.29 is 9.90 Å². The summed E-state index contributed by atoms with van der Waals surface area (Å²) in [6.07, 6.45) is 1.65. The predicted octanol–water partition coefficient (Wildman–Crippen LogP) is 5.00. The fourth-order valence-electron chi connectivity index (χ4n) is 2.54. The molecule has 0 aliphatic carbocycles. The Labute approximate surface area is 137 Å². The highest BCUT2D eigenvalue weighted by molar-refractivity contribution is 6.35. The maximum atomic E-state index is 11.4. The van der Waals surface area contributed by atoms with Crippen molar-refractivity contribution in [2.45, 2.75) is 13.5 Å². The van der Waals surface area contributed by atoms with E-state index in [4.69, 9.17) is 23.2 Å². The predicted molar refractivity (Wildman–Crippen MR) is 89.2 cm³/mol. The van der Waals surface area contributed by atoms with E-state index in [1.165, 1.54) is 0 Å². The van der Waals surface area contributed by atoms with Gasteiger partial charge in [-0.2, -0.15) is 0 Å². The zero-order chi connectivity index (χ0) is 15.9. The lowest BCUT2D eigenvalue weighted by atomic mass is 10.1. The summed E-state index contributed by atoms with van der Waals surface area (Å²) in [4.78, 5) is 11.4. The molecule has 0 atom stereocenters. The standard InChI is InChI=1S/C17H13Cl2NO2/c1-10-2-5-13-14(17(21)22)9-20(16(13)6-10)8-11-3-4-12(18)7-15(11)19/h2-7,9H,8H2,1H3,(H,21,22). The fourth-order valence-corrected chi connectivity index (χ4v) is 3.00. The Hall–Kier alpha value is -1.97. The number of hydrogen-bond donors (Lipinski definition) is 1. The molecule has 0 amide bonds. The second-order valence-electron chi connectivity index (χ2n) is 5.23. The Morgan fingerprint density at radius 3 is 2.64 bits per heavy atom. The molecule has 0 saturated heterocycles. The number of carboxylic acid groups (broad SMARTS) is 1. The molecule has 1 N–H and O–H groups in total. The summed E-state index contributed by atoms with van der Waals surface area (Å²) < 4.78 is 1.90. The molecule has 0 spiro atoms. The SMILES string of the molecule is Cc1ccc2c(C(=O)O)cn(Cc3ccc(Cl)cc3Cl)c2c1. The lowest BCUT2D eigenvalue weighted by Gasteiger charge is -2.08. The number of rotatable bonds is 3. The molecule has 0 aliphatic heterocycles. The number of halogens is 2. The third-order valence-electron chi connectivity index (χ3n) is 3.62. The number of nitrogens with zero attached hydrogens (tertiary/aromatic N) is 1. The van der Waals surface area contributed by atoms with Crippen LogP contribution in [0.15, 0.2) is 42.6 Å². The molecular formula is C17H13Cl2NO2. The summed E-state index contributed by atoms with van der Waals surface area (Å²) >= 11 is 12.1. The number of aromatic nitrogens is 1. The van der Waals surface area contributed by atoms with Crippen LogP contribution in [-0.4, -0.2) is 15.6 Å². The Bertz CT molecular complexity index is 884. The number of aryl methyl sites for hydroxylation is 1. The lowest BCUT2D eigenvalue weighted by Crippen LogP contribution is -1.99. The van der Waals surface area contributed by atoms with Gasteiger partial charge in [0, 0.05) is 33.7 Å². The van der Waals surface area contributed by atoms with E-state index in [2.05, 4.69) is 0 Å². The van der Waals surface area contributed by atoms with Gasteiger partial charge in [0.05, 0.1) is 5.56 Å². The molecule has 22 heavy (non-hydrogen) atoms. The summed E-state index contributed by atoms with van der Waals surface area (Å²) in [6.45, 7) is 2.47. The smallest absolute Gasteiger partial charge is 0.337 e. The molecule has 112 valence electrons. The van der Waals surface area contributed by atoms with Crippen molar-refractivity contribution in [2.24, 2.45) is 0 Å². The second-order valence-corrected chi connectivity index (χ2v) is 6.08. The molecule has 0 saturated carbocycles. The van der Waals surface area contributed by atoms with Gasteiger partial charge in [-0.05, 0) is 36.2 Å². The molecule has 2 aromatic carbocycles. The first-order valence-electron chi connectivity index (χ1n) is 6.72. The number of benzene rings is 2. The van der Waals surface area contributed by atoms with Crippen molar-refractivity contribution in [3.8, 4) is 0 Å². The first-order valence-corrected chi connectivity index (χ1v) is 7.48. The minimum absolute atomic E-state index is 0.292. The molecule has 0 bridgehead atoms. The minimum atomic E-state index is -0.935. The molecule has 3 rings (SSSR count). The van der Waals surface area contributed by atoms with Crippen LogP contribution in [0.2, 0.25) is 10.0 Å². The topological polar surface area (TPSA) is 42.2 Å².